The number of carbonyl (C=O) groups is 2. The molecule has 1 aromatic rings. The average Bonchev–Trinajstić information content (AvgIpc) is 2.84. The summed E-state index contributed by atoms with van der Waals surface area (Å²) in [6.45, 7) is 3.78. The van der Waals surface area contributed by atoms with Crippen LogP contribution < -0.4 is 5.73 Å². The Bertz CT molecular complexity index is 482. The topological polar surface area (TPSA) is 99.8 Å². The third-order valence-corrected chi connectivity index (χ3v) is 3.92. The third-order valence-electron chi connectivity index (χ3n) is 3.25. The molecule has 1 aromatic heterocycles. The predicted octanol–water partition coefficient (Wildman–Crippen LogP) is -0.0438. The number of carboxylic acid groups (broad SMARTS) is 1. The minimum Gasteiger partial charge on any atom is -0.480 e. The molecule has 8 heteroatoms. The van der Waals surface area contributed by atoms with Gasteiger partial charge in [0.2, 0.25) is 0 Å². The number of nitrogen functional groups attached to an aromatic ring is 1. The first-order chi connectivity index (χ1) is 8.99. The number of amides is 1. The molecule has 0 aromatic carbocycles. The predicted molar refractivity (Wildman–Crippen MR) is 71.1 cm³/mol. The molecule has 1 atom stereocenters. The number of aromatic nitrogens is 1. The van der Waals surface area contributed by atoms with Crippen molar-refractivity contribution >= 4 is 28.3 Å². The van der Waals surface area contributed by atoms with Gasteiger partial charge in [0.05, 0.1) is 0 Å². The summed E-state index contributed by atoms with van der Waals surface area (Å²) in [6, 6.07) is -0.521. The highest BCUT2D eigenvalue weighted by Gasteiger charge is 2.28. The van der Waals surface area contributed by atoms with E-state index in [2.05, 4.69) is 4.98 Å². The SMILES string of the molecule is CC(C(=O)O)N1CCN(C(=O)c2csc(N)n2)CC1. The lowest BCUT2D eigenvalue weighted by molar-refractivity contribution is -0.143. The van der Waals surface area contributed by atoms with Gasteiger partial charge in [-0.15, -0.1) is 11.3 Å². The van der Waals surface area contributed by atoms with Crippen LogP contribution in [0.3, 0.4) is 0 Å². The molecule has 1 aliphatic heterocycles. The Morgan fingerprint density at radius 2 is 2.05 bits per heavy atom. The molecule has 1 fully saturated rings. The maximum atomic E-state index is 12.1. The van der Waals surface area contributed by atoms with Crippen LogP contribution in [0.4, 0.5) is 5.13 Å². The molecule has 3 N–H and O–H groups in total. The van der Waals surface area contributed by atoms with Gasteiger partial charge in [0.15, 0.2) is 5.13 Å². The number of nitrogens with zero attached hydrogens (tertiary/aromatic N) is 3. The smallest absolute Gasteiger partial charge is 0.320 e. The van der Waals surface area contributed by atoms with Crippen molar-refractivity contribution in [2.75, 3.05) is 31.9 Å². The van der Waals surface area contributed by atoms with Crippen molar-refractivity contribution < 1.29 is 14.7 Å². The Balaban J connectivity index is 1.93. The molecular weight excluding hydrogens is 268 g/mol. The van der Waals surface area contributed by atoms with Gasteiger partial charge in [-0.25, -0.2) is 4.98 Å². The number of carboxylic acids is 1. The quantitative estimate of drug-likeness (QED) is 0.807. The van der Waals surface area contributed by atoms with Crippen molar-refractivity contribution in [2.45, 2.75) is 13.0 Å². The van der Waals surface area contributed by atoms with Crippen molar-refractivity contribution in [3.63, 3.8) is 0 Å². The summed E-state index contributed by atoms with van der Waals surface area (Å²) in [5.74, 6) is -0.984. The number of nitrogens with two attached hydrogens (primary N) is 1. The minimum atomic E-state index is -0.841. The number of hydrogen-bond donors (Lipinski definition) is 2. The molecule has 1 unspecified atom stereocenters. The van der Waals surface area contributed by atoms with Gasteiger partial charge in [0.25, 0.3) is 5.91 Å². The van der Waals surface area contributed by atoms with E-state index in [1.807, 2.05) is 4.90 Å². The zero-order valence-electron chi connectivity index (χ0n) is 10.6. The number of thiazole rings is 1. The summed E-state index contributed by atoms with van der Waals surface area (Å²) in [6.07, 6.45) is 0. The molecular formula is C11H16N4O3S. The van der Waals surface area contributed by atoms with Crippen molar-refractivity contribution in [1.29, 1.82) is 0 Å². The van der Waals surface area contributed by atoms with Crippen LogP contribution in [-0.4, -0.2) is 64.0 Å². The van der Waals surface area contributed by atoms with E-state index in [4.69, 9.17) is 10.8 Å². The average molecular weight is 284 g/mol. The van der Waals surface area contributed by atoms with Crippen LogP contribution in [0.1, 0.15) is 17.4 Å². The monoisotopic (exact) mass is 284 g/mol. The van der Waals surface area contributed by atoms with Gasteiger partial charge in [-0.05, 0) is 6.92 Å². The van der Waals surface area contributed by atoms with E-state index >= 15 is 0 Å². The van der Waals surface area contributed by atoms with Gasteiger partial charge in [0.1, 0.15) is 11.7 Å². The highest BCUT2D eigenvalue weighted by molar-refractivity contribution is 7.13. The van der Waals surface area contributed by atoms with Crippen LogP contribution in [0.15, 0.2) is 5.38 Å². The van der Waals surface area contributed by atoms with Gasteiger partial charge >= 0.3 is 5.97 Å². The second-order valence-corrected chi connectivity index (χ2v) is 5.30. The highest BCUT2D eigenvalue weighted by atomic mass is 32.1. The summed E-state index contributed by atoms with van der Waals surface area (Å²) >= 11 is 1.24. The van der Waals surface area contributed by atoms with E-state index in [0.717, 1.165) is 0 Å². The van der Waals surface area contributed by atoms with Crippen molar-refractivity contribution in [3.05, 3.63) is 11.1 Å². The molecule has 7 nitrogen and oxygen atoms in total. The van der Waals surface area contributed by atoms with Gasteiger partial charge in [-0.2, -0.15) is 0 Å². The van der Waals surface area contributed by atoms with E-state index in [0.29, 0.717) is 37.0 Å². The maximum absolute atomic E-state index is 12.1. The van der Waals surface area contributed by atoms with Crippen LogP contribution in [0, 0.1) is 0 Å². The van der Waals surface area contributed by atoms with Crippen LogP contribution in [0.25, 0.3) is 0 Å². The van der Waals surface area contributed by atoms with Crippen LogP contribution in [0.5, 0.6) is 0 Å². The fourth-order valence-electron chi connectivity index (χ4n) is 2.02. The lowest BCUT2D eigenvalue weighted by atomic mass is 10.2. The van der Waals surface area contributed by atoms with Crippen molar-refractivity contribution in [2.24, 2.45) is 0 Å². The third kappa shape index (κ3) is 3.02. The summed E-state index contributed by atoms with van der Waals surface area (Å²) in [4.78, 5) is 30.5. The second kappa shape index (κ2) is 5.54. The molecule has 0 saturated carbocycles. The molecule has 0 radical (unpaired) electrons. The number of anilines is 1. The first-order valence-electron chi connectivity index (χ1n) is 5.96. The zero-order chi connectivity index (χ0) is 14.0. The second-order valence-electron chi connectivity index (χ2n) is 4.41. The van der Waals surface area contributed by atoms with Gasteiger partial charge in [-0.1, -0.05) is 0 Å². The molecule has 1 saturated heterocycles. The fourth-order valence-corrected chi connectivity index (χ4v) is 2.55. The van der Waals surface area contributed by atoms with E-state index in [1.165, 1.54) is 11.3 Å². The van der Waals surface area contributed by atoms with Crippen LogP contribution in [-0.2, 0) is 4.79 Å². The summed E-state index contributed by atoms with van der Waals surface area (Å²) in [5, 5.41) is 11.0. The Labute approximate surface area is 114 Å². The molecule has 104 valence electrons. The highest BCUT2D eigenvalue weighted by Crippen LogP contribution is 2.15. The fraction of sp³-hybridized carbons (Fsp3) is 0.545. The Hall–Kier alpha value is -1.67. The van der Waals surface area contributed by atoms with Crippen LogP contribution in [0.2, 0.25) is 0 Å². The Kier molecular flexibility index (Phi) is 4.01. The van der Waals surface area contributed by atoms with Gasteiger partial charge in [-0.3, -0.25) is 14.5 Å². The van der Waals surface area contributed by atoms with Crippen molar-refractivity contribution in [1.82, 2.24) is 14.8 Å². The number of rotatable bonds is 3. The molecule has 0 bridgehead atoms. The standard InChI is InChI=1S/C11H16N4O3S/c1-7(10(17)18)14-2-4-15(5-3-14)9(16)8-6-19-11(12)13-8/h6-7H,2-5H2,1H3,(H2,12,13)(H,17,18). The number of hydrogen-bond acceptors (Lipinski definition) is 6. The van der Waals surface area contributed by atoms with E-state index in [-0.39, 0.29) is 5.91 Å². The first kappa shape index (κ1) is 13.8. The molecule has 1 amide bonds. The number of carbonyl (C=O) groups excluding carboxylic acids is 1. The molecule has 2 heterocycles. The van der Waals surface area contributed by atoms with E-state index < -0.39 is 12.0 Å². The number of aliphatic carboxylic acids is 1. The lowest BCUT2D eigenvalue weighted by Crippen LogP contribution is -2.53. The summed E-state index contributed by atoms with van der Waals surface area (Å²) < 4.78 is 0. The number of piperazine rings is 1. The molecule has 1 aliphatic rings. The zero-order valence-corrected chi connectivity index (χ0v) is 11.4. The van der Waals surface area contributed by atoms with E-state index in [1.54, 1.807) is 17.2 Å². The van der Waals surface area contributed by atoms with Gasteiger partial charge in [0, 0.05) is 31.6 Å². The Morgan fingerprint density at radius 1 is 1.42 bits per heavy atom. The molecule has 19 heavy (non-hydrogen) atoms. The molecule has 0 spiro atoms. The summed E-state index contributed by atoms with van der Waals surface area (Å²) in [7, 11) is 0. The maximum Gasteiger partial charge on any atom is 0.320 e. The minimum absolute atomic E-state index is 0.143. The summed E-state index contributed by atoms with van der Waals surface area (Å²) in [5.41, 5.74) is 5.87. The Morgan fingerprint density at radius 3 is 2.53 bits per heavy atom. The normalized spacial score (nSPS) is 18.3. The molecule has 0 aliphatic carbocycles. The molecule has 2 rings (SSSR count). The van der Waals surface area contributed by atoms with E-state index in [9.17, 15) is 9.59 Å². The van der Waals surface area contributed by atoms with Gasteiger partial charge < -0.3 is 15.7 Å². The largest absolute Gasteiger partial charge is 0.480 e. The lowest BCUT2D eigenvalue weighted by Gasteiger charge is -2.36. The van der Waals surface area contributed by atoms with Crippen LogP contribution >= 0.6 is 11.3 Å². The van der Waals surface area contributed by atoms with Crippen molar-refractivity contribution in [3.8, 4) is 0 Å². The first-order valence-corrected chi connectivity index (χ1v) is 6.84.